The maximum Gasteiger partial charge on any atom is 0.410 e. The fourth-order valence-electron chi connectivity index (χ4n) is 4.61. The molecule has 0 aliphatic carbocycles. The van der Waals surface area contributed by atoms with Crippen molar-refractivity contribution in [2.45, 2.75) is 53.2 Å². The van der Waals surface area contributed by atoms with Crippen LogP contribution < -0.4 is 9.80 Å². The number of carbonyl (C=O) groups is 1. The molecule has 0 saturated carbocycles. The van der Waals surface area contributed by atoms with Crippen LogP contribution in [0.1, 0.15) is 47.1 Å². The second kappa shape index (κ2) is 10.0. The summed E-state index contributed by atoms with van der Waals surface area (Å²) in [6.45, 7) is 15.3. The highest BCUT2D eigenvalue weighted by molar-refractivity contribution is 6.00. The van der Waals surface area contributed by atoms with Gasteiger partial charge in [-0.3, -0.25) is 4.57 Å². The summed E-state index contributed by atoms with van der Waals surface area (Å²) in [5.74, 6) is 1.46. The number of carbonyl (C=O) groups excluding carboxylic acids is 1. The number of pyridine rings is 1. The molecule has 1 aliphatic heterocycles. The number of nitriles is 1. The second-order valence-electron chi connectivity index (χ2n) is 9.94. The van der Waals surface area contributed by atoms with Crippen LogP contribution in [0.2, 0.25) is 0 Å². The highest BCUT2D eigenvalue weighted by Gasteiger charge is 2.32. The molecule has 1 saturated heterocycles. The third-order valence-electron chi connectivity index (χ3n) is 6.32. The number of amides is 1. The molecular weight excluding hydrogens is 456 g/mol. The van der Waals surface area contributed by atoms with Crippen molar-refractivity contribution in [1.82, 2.24) is 24.4 Å². The molecule has 36 heavy (non-hydrogen) atoms. The average molecular weight is 491 g/mol. The summed E-state index contributed by atoms with van der Waals surface area (Å²) >= 11 is 0. The van der Waals surface area contributed by atoms with Crippen LogP contribution in [0, 0.1) is 11.3 Å². The summed E-state index contributed by atoms with van der Waals surface area (Å²) in [6, 6.07) is 5.66. The average Bonchev–Trinajstić information content (AvgIpc) is 3.24. The summed E-state index contributed by atoms with van der Waals surface area (Å²) in [5.41, 5.74) is 1.74. The lowest BCUT2D eigenvalue weighted by Crippen LogP contribution is -2.54. The molecule has 10 nitrogen and oxygen atoms in total. The molecule has 0 radical (unpaired) electrons. The molecule has 0 aromatic carbocycles. The van der Waals surface area contributed by atoms with Crippen LogP contribution >= 0.6 is 0 Å². The van der Waals surface area contributed by atoms with Crippen molar-refractivity contribution in [3.8, 4) is 11.9 Å². The first-order valence-electron chi connectivity index (χ1n) is 12.4. The van der Waals surface area contributed by atoms with Gasteiger partial charge in [0.05, 0.1) is 22.7 Å². The van der Waals surface area contributed by atoms with Crippen LogP contribution in [0.4, 0.5) is 16.3 Å². The molecule has 3 aromatic rings. The van der Waals surface area contributed by atoms with Crippen LogP contribution in [0.25, 0.3) is 16.9 Å². The molecular formula is C26H34N8O2. The number of piperazine rings is 1. The van der Waals surface area contributed by atoms with Crippen molar-refractivity contribution in [1.29, 1.82) is 5.26 Å². The van der Waals surface area contributed by atoms with Crippen molar-refractivity contribution in [3.05, 3.63) is 36.4 Å². The van der Waals surface area contributed by atoms with E-state index in [9.17, 15) is 10.1 Å². The Balaban J connectivity index is 1.77. The van der Waals surface area contributed by atoms with E-state index in [0.717, 1.165) is 35.6 Å². The van der Waals surface area contributed by atoms with E-state index < -0.39 is 5.60 Å². The van der Waals surface area contributed by atoms with E-state index in [2.05, 4.69) is 46.6 Å². The Hall–Kier alpha value is -3.87. The van der Waals surface area contributed by atoms with E-state index in [0.29, 0.717) is 31.0 Å². The number of ether oxygens (including phenoxy) is 1. The lowest BCUT2D eigenvalue weighted by molar-refractivity contribution is 0.0218. The van der Waals surface area contributed by atoms with E-state index in [1.165, 1.54) is 0 Å². The zero-order valence-electron chi connectivity index (χ0n) is 21.9. The fraction of sp³-hybridized carbons (Fsp3) is 0.500. The van der Waals surface area contributed by atoms with Gasteiger partial charge < -0.3 is 19.4 Å². The molecule has 3 aromatic heterocycles. The Morgan fingerprint density at radius 2 is 1.97 bits per heavy atom. The second-order valence-corrected chi connectivity index (χ2v) is 9.94. The monoisotopic (exact) mass is 490 g/mol. The summed E-state index contributed by atoms with van der Waals surface area (Å²) in [7, 11) is 0. The molecule has 1 amide bonds. The molecule has 0 N–H and O–H groups in total. The van der Waals surface area contributed by atoms with E-state index >= 15 is 0 Å². The Kier molecular flexibility index (Phi) is 7.02. The van der Waals surface area contributed by atoms with Crippen molar-refractivity contribution in [2.75, 3.05) is 42.5 Å². The number of anilines is 2. The Labute approximate surface area is 212 Å². The normalized spacial score (nSPS) is 16.2. The number of aromatic nitrogens is 4. The maximum atomic E-state index is 12.7. The Morgan fingerprint density at radius 1 is 1.22 bits per heavy atom. The van der Waals surface area contributed by atoms with E-state index in [-0.39, 0.29) is 12.1 Å². The van der Waals surface area contributed by atoms with Crippen molar-refractivity contribution >= 4 is 28.6 Å². The zero-order valence-corrected chi connectivity index (χ0v) is 21.9. The van der Waals surface area contributed by atoms with Gasteiger partial charge in [0, 0.05) is 51.2 Å². The predicted octanol–water partition coefficient (Wildman–Crippen LogP) is 3.98. The van der Waals surface area contributed by atoms with E-state index in [1.54, 1.807) is 29.6 Å². The van der Waals surface area contributed by atoms with Gasteiger partial charge in [0.1, 0.15) is 23.6 Å². The minimum absolute atomic E-state index is 0.0253. The van der Waals surface area contributed by atoms with Crippen LogP contribution in [0.3, 0.4) is 0 Å². The molecule has 10 heteroatoms. The van der Waals surface area contributed by atoms with Gasteiger partial charge >= 0.3 is 6.09 Å². The lowest BCUT2D eigenvalue weighted by Gasteiger charge is -2.41. The largest absolute Gasteiger partial charge is 0.444 e. The van der Waals surface area contributed by atoms with Crippen molar-refractivity contribution in [2.24, 2.45) is 0 Å². The Morgan fingerprint density at radius 3 is 2.61 bits per heavy atom. The number of hydrogen-bond acceptors (Lipinski definition) is 8. The molecule has 0 bridgehead atoms. The first-order chi connectivity index (χ1) is 17.2. The highest BCUT2D eigenvalue weighted by Crippen LogP contribution is 2.37. The van der Waals surface area contributed by atoms with Gasteiger partial charge in [-0.25, -0.2) is 19.7 Å². The van der Waals surface area contributed by atoms with Gasteiger partial charge in [-0.05, 0) is 53.7 Å². The predicted molar refractivity (Wildman–Crippen MR) is 140 cm³/mol. The summed E-state index contributed by atoms with van der Waals surface area (Å²) in [6.07, 6.45) is 4.94. The van der Waals surface area contributed by atoms with Gasteiger partial charge in [-0.1, -0.05) is 0 Å². The van der Waals surface area contributed by atoms with E-state index in [1.807, 2.05) is 31.5 Å². The third-order valence-corrected chi connectivity index (χ3v) is 6.32. The molecule has 1 aliphatic rings. The minimum Gasteiger partial charge on any atom is -0.444 e. The van der Waals surface area contributed by atoms with Gasteiger partial charge in [0.25, 0.3) is 0 Å². The summed E-state index contributed by atoms with van der Waals surface area (Å²) < 4.78 is 7.52. The zero-order chi connectivity index (χ0) is 26.0. The number of hydrogen-bond donors (Lipinski definition) is 0. The van der Waals surface area contributed by atoms with E-state index in [4.69, 9.17) is 9.72 Å². The maximum absolute atomic E-state index is 12.7. The molecule has 0 spiro atoms. The molecule has 0 unspecified atom stereocenters. The summed E-state index contributed by atoms with van der Waals surface area (Å²) in [5, 5.41) is 10.3. The van der Waals surface area contributed by atoms with Crippen molar-refractivity contribution in [3.63, 3.8) is 0 Å². The third kappa shape index (κ3) is 4.91. The highest BCUT2D eigenvalue weighted by atomic mass is 16.6. The SMILES string of the molecule is CCN(CC)c1cn(-c2cc(C#N)ccn2)c2ncnc(N3CCN(C(=O)OC(C)(C)C)C[C@@H]3C)c12. The number of rotatable bonds is 5. The topological polar surface area (TPSA) is 103 Å². The van der Waals surface area contributed by atoms with Gasteiger partial charge in [-0.2, -0.15) is 5.26 Å². The van der Waals surface area contributed by atoms with Gasteiger partial charge in [-0.15, -0.1) is 0 Å². The first-order valence-corrected chi connectivity index (χ1v) is 12.4. The smallest absolute Gasteiger partial charge is 0.410 e. The molecule has 4 heterocycles. The first kappa shape index (κ1) is 25.2. The van der Waals surface area contributed by atoms with Crippen LogP contribution in [0.5, 0.6) is 0 Å². The van der Waals surface area contributed by atoms with Crippen LogP contribution in [-0.4, -0.2) is 74.9 Å². The number of nitrogens with zero attached hydrogens (tertiary/aromatic N) is 8. The molecule has 190 valence electrons. The quantitative estimate of drug-likeness (QED) is 0.529. The molecule has 4 rings (SSSR count). The van der Waals surface area contributed by atoms with Crippen LogP contribution in [0.15, 0.2) is 30.9 Å². The van der Waals surface area contributed by atoms with Crippen LogP contribution in [-0.2, 0) is 4.74 Å². The fourth-order valence-corrected chi connectivity index (χ4v) is 4.61. The lowest BCUT2D eigenvalue weighted by atomic mass is 10.1. The van der Waals surface area contributed by atoms with Gasteiger partial charge in [0.15, 0.2) is 5.65 Å². The molecule has 1 atom stereocenters. The molecule has 1 fully saturated rings. The standard InChI is InChI=1S/C26H34N8O2/c1-7-31(8-2)20-16-34(21-13-19(14-27)9-10-28-21)24-22(20)23(29-17-30-24)33-12-11-32(15-18(33)3)25(35)36-26(4,5)6/h9-10,13,16-18H,7-8,11-12,15H2,1-6H3/t18-/m0/s1. The van der Waals surface area contributed by atoms with Crippen molar-refractivity contribution < 1.29 is 9.53 Å². The number of fused-ring (bicyclic) bond motifs is 1. The Bertz CT molecular complexity index is 1290. The van der Waals surface area contributed by atoms with Gasteiger partial charge in [0.2, 0.25) is 0 Å². The summed E-state index contributed by atoms with van der Waals surface area (Å²) in [4.78, 5) is 32.8. The minimum atomic E-state index is -0.533.